The molecule has 0 spiro atoms. The minimum atomic E-state index is 0.799. The van der Waals surface area contributed by atoms with Gasteiger partial charge in [-0.2, -0.15) is 0 Å². The molecule has 0 unspecified atom stereocenters. The third-order valence-corrected chi connectivity index (χ3v) is 0.850. The van der Waals surface area contributed by atoms with Crippen molar-refractivity contribution in [1.82, 2.24) is 5.43 Å². The second-order valence-electron chi connectivity index (χ2n) is 1.42. The molecule has 0 aromatic rings. The SMILES string of the molecule is CCN=C(CC)NN. The van der Waals surface area contributed by atoms with Gasteiger partial charge in [0.1, 0.15) is 5.84 Å². The molecule has 0 saturated heterocycles. The van der Waals surface area contributed by atoms with Crippen LogP contribution in [-0.2, 0) is 0 Å². The summed E-state index contributed by atoms with van der Waals surface area (Å²) in [5.74, 6) is 5.96. The highest BCUT2D eigenvalue weighted by molar-refractivity contribution is 5.81. The molecule has 0 aromatic carbocycles. The van der Waals surface area contributed by atoms with Gasteiger partial charge in [0.15, 0.2) is 0 Å². The van der Waals surface area contributed by atoms with Crippen LogP contribution in [0.25, 0.3) is 0 Å². The molecule has 0 bridgehead atoms. The average Bonchev–Trinajstić information content (AvgIpc) is 1.83. The third kappa shape index (κ3) is 2.58. The molecule has 0 aliphatic carbocycles. The fourth-order valence-electron chi connectivity index (χ4n) is 0.450. The van der Waals surface area contributed by atoms with Crippen LogP contribution in [0.4, 0.5) is 0 Å². The van der Waals surface area contributed by atoms with Crippen molar-refractivity contribution in [3.05, 3.63) is 0 Å². The van der Waals surface area contributed by atoms with Gasteiger partial charge >= 0.3 is 0 Å². The molecule has 3 N–H and O–H groups in total. The summed E-state index contributed by atoms with van der Waals surface area (Å²) >= 11 is 0. The number of nitrogens with two attached hydrogens (primary N) is 1. The largest absolute Gasteiger partial charge is 0.312 e. The fourth-order valence-corrected chi connectivity index (χ4v) is 0.450. The quantitative estimate of drug-likeness (QED) is 0.235. The summed E-state index contributed by atoms with van der Waals surface area (Å²) < 4.78 is 0. The number of amidine groups is 1. The lowest BCUT2D eigenvalue weighted by Crippen LogP contribution is -2.29. The summed E-state index contributed by atoms with van der Waals surface area (Å²) in [4.78, 5) is 4.04. The van der Waals surface area contributed by atoms with Crippen LogP contribution in [0.3, 0.4) is 0 Å². The Bertz CT molecular complexity index is 71.7. The van der Waals surface area contributed by atoms with Crippen LogP contribution in [0, 0.1) is 0 Å². The Morgan fingerprint density at radius 3 is 2.38 bits per heavy atom. The molecule has 0 aliphatic heterocycles. The summed E-state index contributed by atoms with van der Waals surface area (Å²) in [5, 5.41) is 0. The van der Waals surface area contributed by atoms with Crippen LogP contribution in [-0.4, -0.2) is 12.4 Å². The Hall–Kier alpha value is -0.570. The third-order valence-electron chi connectivity index (χ3n) is 0.850. The lowest BCUT2D eigenvalue weighted by Gasteiger charge is -1.98. The molecule has 0 amide bonds. The van der Waals surface area contributed by atoms with Gasteiger partial charge in [-0.05, 0) is 6.92 Å². The Balaban J connectivity index is 3.49. The lowest BCUT2D eigenvalue weighted by molar-refractivity contribution is 0.949. The van der Waals surface area contributed by atoms with Gasteiger partial charge in [-0.3, -0.25) is 4.99 Å². The van der Waals surface area contributed by atoms with Crippen molar-refractivity contribution in [3.8, 4) is 0 Å². The predicted molar refractivity (Wildman–Crippen MR) is 35.6 cm³/mol. The van der Waals surface area contributed by atoms with E-state index in [2.05, 4.69) is 10.4 Å². The van der Waals surface area contributed by atoms with Crippen molar-refractivity contribution >= 4 is 5.84 Å². The van der Waals surface area contributed by atoms with Gasteiger partial charge in [-0.15, -0.1) is 0 Å². The molecule has 0 aliphatic rings. The summed E-state index contributed by atoms with van der Waals surface area (Å²) in [5.41, 5.74) is 2.50. The van der Waals surface area contributed by atoms with Crippen LogP contribution >= 0.6 is 0 Å². The highest BCUT2D eigenvalue weighted by Gasteiger charge is 1.85. The number of nitrogens with one attached hydrogen (secondary N) is 1. The first-order valence-electron chi connectivity index (χ1n) is 2.85. The van der Waals surface area contributed by atoms with Crippen LogP contribution in [0.2, 0.25) is 0 Å². The molecular weight excluding hydrogens is 102 g/mol. The van der Waals surface area contributed by atoms with Gasteiger partial charge in [0, 0.05) is 13.0 Å². The Kier molecular flexibility index (Phi) is 4.26. The van der Waals surface area contributed by atoms with Crippen molar-refractivity contribution in [2.75, 3.05) is 6.54 Å². The molecule has 0 fully saturated rings. The van der Waals surface area contributed by atoms with E-state index in [9.17, 15) is 0 Å². The normalized spacial score (nSPS) is 11.6. The van der Waals surface area contributed by atoms with E-state index in [1.54, 1.807) is 0 Å². The smallest absolute Gasteiger partial charge is 0.110 e. The van der Waals surface area contributed by atoms with E-state index in [1.807, 2.05) is 13.8 Å². The monoisotopic (exact) mass is 115 g/mol. The molecule has 0 saturated carbocycles. The van der Waals surface area contributed by atoms with Crippen LogP contribution < -0.4 is 11.3 Å². The van der Waals surface area contributed by atoms with Gasteiger partial charge in [-0.1, -0.05) is 6.92 Å². The molecule has 0 rings (SSSR count). The second kappa shape index (κ2) is 4.59. The average molecular weight is 115 g/mol. The fraction of sp³-hybridized carbons (Fsp3) is 0.800. The first kappa shape index (κ1) is 7.43. The van der Waals surface area contributed by atoms with Gasteiger partial charge in [0.25, 0.3) is 0 Å². The van der Waals surface area contributed by atoms with Gasteiger partial charge in [-0.25, -0.2) is 5.84 Å². The Morgan fingerprint density at radius 1 is 1.62 bits per heavy atom. The standard InChI is InChI=1S/C5H13N3/c1-3-5(8-6)7-4-2/h3-4,6H2,1-2H3,(H,7,8). The summed E-state index contributed by atoms with van der Waals surface area (Å²) in [6.07, 6.45) is 0.879. The second-order valence-corrected chi connectivity index (χ2v) is 1.42. The van der Waals surface area contributed by atoms with Crippen LogP contribution in [0.5, 0.6) is 0 Å². The van der Waals surface area contributed by atoms with Crippen molar-refractivity contribution in [1.29, 1.82) is 0 Å². The molecule has 0 heterocycles. The maximum Gasteiger partial charge on any atom is 0.110 e. The summed E-state index contributed by atoms with van der Waals surface area (Å²) in [7, 11) is 0. The van der Waals surface area contributed by atoms with Crippen LogP contribution in [0.1, 0.15) is 20.3 Å². The molecule has 3 nitrogen and oxygen atoms in total. The molecule has 0 atom stereocenters. The first-order chi connectivity index (χ1) is 3.85. The number of hydrogen-bond acceptors (Lipinski definition) is 2. The van der Waals surface area contributed by atoms with Crippen molar-refractivity contribution < 1.29 is 0 Å². The number of rotatable bonds is 2. The van der Waals surface area contributed by atoms with E-state index < -0.39 is 0 Å². The van der Waals surface area contributed by atoms with E-state index in [4.69, 9.17) is 5.84 Å². The molecule has 0 aromatic heterocycles. The highest BCUT2D eigenvalue weighted by Crippen LogP contribution is 1.77. The highest BCUT2D eigenvalue weighted by atomic mass is 15.2. The number of hydrogen-bond donors (Lipinski definition) is 2. The molecule has 0 radical (unpaired) electrons. The van der Waals surface area contributed by atoms with E-state index in [-0.39, 0.29) is 0 Å². The Morgan fingerprint density at radius 2 is 2.25 bits per heavy atom. The summed E-state index contributed by atoms with van der Waals surface area (Å²) in [6.45, 7) is 4.79. The number of aliphatic imine (C=N–C) groups is 1. The Labute approximate surface area is 50.0 Å². The maximum atomic E-state index is 5.09. The molecule has 8 heavy (non-hydrogen) atoms. The zero-order valence-corrected chi connectivity index (χ0v) is 5.44. The van der Waals surface area contributed by atoms with E-state index >= 15 is 0 Å². The van der Waals surface area contributed by atoms with Crippen molar-refractivity contribution in [2.24, 2.45) is 10.8 Å². The lowest BCUT2D eigenvalue weighted by atomic mass is 10.4. The van der Waals surface area contributed by atoms with Gasteiger partial charge < -0.3 is 5.43 Å². The molecular formula is C5H13N3. The predicted octanol–water partition coefficient (Wildman–Crippen LogP) is 0.278. The molecule has 48 valence electrons. The van der Waals surface area contributed by atoms with E-state index in [0.29, 0.717) is 0 Å². The maximum absolute atomic E-state index is 5.09. The molecule has 3 heteroatoms. The van der Waals surface area contributed by atoms with Gasteiger partial charge in [0.05, 0.1) is 0 Å². The van der Waals surface area contributed by atoms with Crippen molar-refractivity contribution in [3.63, 3.8) is 0 Å². The van der Waals surface area contributed by atoms with Crippen LogP contribution in [0.15, 0.2) is 4.99 Å². The minimum absolute atomic E-state index is 0.799. The number of nitrogens with zero attached hydrogens (tertiary/aromatic N) is 1. The minimum Gasteiger partial charge on any atom is -0.312 e. The zero-order valence-electron chi connectivity index (χ0n) is 5.44. The zero-order chi connectivity index (χ0) is 6.41. The van der Waals surface area contributed by atoms with E-state index in [1.165, 1.54) is 0 Å². The first-order valence-corrected chi connectivity index (χ1v) is 2.85. The topological polar surface area (TPSA) is 50.4 Å². The van der Waals surface area contributed by atoms with Gasteiger partial charge in [0.2, 0.25) is 0 Å². The van der Waals surface area contributed by atoms with Crippen molar-refractivity contribution in [2.45, 2.75) is 20.3 Å². The van der Waals surface area contributed by atoms with E-state index in [0.717, 1.165) is 18.8 Å². The summed E-state index contributed by atoms with van der Waals surface area (Å²) in [6, 6.07) is 0. The number of hydrazine groups is 1.